The molecule has 0 radical (unpaired) electrons. The first-order valence-electron chi connectivity index (χ1n) is 8.59. The van der Waals surface area contributed by atoms with E-state index in [2.05, 4.69) is 5.16 Å². The summed E-state index contributed by atoms with van der Waals surface area (Å²) in [6, 6.07) is 7.98. The number of hydrogen-bond donors (Lipinski definition) is 0. The van der Waals surface area contributed by atoms with Gasteiger partial charge in [0.25, 0.3) is 0 Å². The third kappa shape index (κ3) is 3.50. The van der Waals surface area contributed by atoms with Crippen LogP contribution >= 0.6 is 0 Å². The minimum atomic E-state index is -0.282. The maximum Gasteiger partial charge on any atom is 0.225 e. The van der Waals surface area contributed by atoms with E-state index in [1.165, 1.54) is 12.1 Å². The molecule has 1 atom stereocenters. The Morgan fingerprint density at radius 2 is 2.00 bits per heavy atom. The average Bonchev–Trinajstić information content (AvgIpc) is 2.92. The quantitative estimate of drug-likeness (QED) is 0.827. The van der Waals surface area contributed by atoms with Crippen LogP contribution in [-0.2, 0) is 4.79 Å². The highest BCUT2D eigenvalue weighted by Gasteiger charge is 2.30. The van der Waals surface area contributed by atoms with Crippen LogP contribution in [0, 0.1) is 11.7 Å². The third-order valence-corrected chi connectivity index (χ3v) is 4.53. The Labute approximate surface area is 141 Å². The number of carbonyl (C=O) groups is 1. The second-order valence-corrected chi connectivity index (χ2v) is 6.67. The van der Waals surface area contributed by atoms with Gasteiger partial charge in [-0.1, -0.05) is 31.8 Å². The van der Waals surface area contributed by atoms with Crippen molar-refractivity contribution in [1.82, 2.24) is 10.1 Å². The summed E-state index contributed by atoms with van der Waals surface area (Å²) in [6.07, 6.45) is 4.12. The maximum absolute atomic E-state index is 13.1. The average molecular weight is 330 g/mol. The number of carbonyl (C=O) groups excluding carboxylic acids is 1. The molecule has 1 aliphatic heterocycles. The number of aromatic nitrogens is 1. The Morgan fingerprint density at radius 3 is 2.71 bits per heavy atom. The highest BCUT2D eigenvalue weighted by molar-refractivity contribution is 5.78. The predicted molar refractivity (Wildman–Crippen MR) is 89.7 cm³/mol. The molecule has 0 N–H and O–H groups in total. The van der Waals surface area contributed by atoms with Crippen LogP contribution in [0.2, 0.25) is 0 Å². The molecule has 2 heterocycles. The van der Waals surface area contributed by atoms with Gasteiger partial charge in [0, 0.05) is 24.1 Å². The number of halogens is 1. The number of benzene rings is 1. The molecule has 1 aromatic heterocycles. The first-order valence-corrected chi connectivity index (χ1v) is 8.59. The fourth-order valence-corrected chi connectivity index (χ4v) is 3.21. The highest BCUT2D eigenvalue weighted by atomic mass is 19.1. The topological polar surface area (TPSA) is 46.3 Å². The van der Waals surface area contributed by atoms with Crippen LogP contribution in [0.1, 0.15) is 51.3 Å². The van der Waals surface area contributed by atoms with Gasteiger partial charge >= 0.3 is 0 Å². The van der Waals surface area contributed by atoms with Gasteiger partial charge in [-0.05, 0) is 37.1 Å². The van der Waals surface area contributed by atoms with Gasteiger partial charge in [-0.2, -0.15) is 0 Å². The molecule has 0 aliphatic carbocycles. The van der Waals surface area contributed by atoms with Crippen LogP contribution in [-0.4, -0.2) is 22.5 Å². The second kappa shape index (κ2) is 7.16. The van der Waals surface area contributed by atoms with Crippen molar-refractivity contribution in [2.24, 2.45) is 5.92 Å². The molecule has 1 fully saturated rings. The van der Waals surface area contributed by atoms with Gasteiger partial charge in [0.2, 0.25) is 5.91 Å². The van der Waals surface area contributed by atoms with Gasteiger partial charge in [-0.3, -0.25) is 4.79 Å². The molecule has 128 valence electrons. The van der Waals surface area contributed by atoms with Crippen LogP contribution in [0.25, 0.3) is 11.3 Å². The molecule has 1 aliphatic rings. The summed E-state index contributed by atoms with van der Waals surface area (Å²) in [5, 5.41) is 4.21. The third-order valence-electron chi connectivity index (χ3n) is 4.53. The lowest BCUT2D eigenvalue weighted by Gasteiger charge is -2.30. The number of hydrogen-bond acceptors (Lipinski definition) is 3. The number of amides is 1. The van der Waals surface area contributed by atoms with Gasteiger partial charge in [-0.25, -0.2) is 4.39 Å². The Morgan fingerprint density at radius 1 is 1.25 bits per heavy atom. The van der Waals surface area contributed by atoms with Crippen molar-refractivity contribution in [2.45, 2.75) is 45.6 Å². The summed E-state index contributed by atoms with van der Waals surface area (Å²) in [6.45, 7) is 4.62. The molecule has 2 aromatic rings. The molecule has 3 rings (SSSR count). The second-order valence-electron chi connectivity index (χ2n) is 6.67. The van der Waals surface area contributed by atoms with Gasteiger partial charge in [0.1, 0.15) is 11.5 Å². The van der Waals surface area contributed by atoms with Gasteiger partial charge in [0.05, 0.1) is 6.04 Å². The first-order chi connectivity index (χ1) is 11.6. The van der Waals surface area contributed by atoms with Crippen molar-refractivity contribution >= 4 is 5.91 Å². The Kier molecular flexibility index (Phi) is 4.97. The van der Waals surface area contributed by atoms with E-state index in [0.717, 1.165) is 43.5 Å². The maximum atomic E-state index is 13.1. The van der Waals surface area contributed by atoms with Gasteiger partial charge in [0.15, 0.2) is 5.76 Å². The van der Waals surface area contributed by atoms with Crippen molar-refractivity contribution in [3.8, 4) is 11.3 Å². The molecule has 1 saturated heterocycles. The molecule has 24 heavy (non-hydrogen) atoms. The minimum absolute atomic E-state index is 0.0333. The summed E-state index contributed by atoms with van der Waals surface area (Å²) in [4.78, 5) is 14.5. The molecule has 4 nitrogen and oxygen atoms in total. The molecule has 1 unspecified atom stereocenters. The summed E-state index contributed by atoms with van der Waals surface area (Å²) < 4.78 is 18.5. The Bertz CT molecular complexity index is 694. The van der Waals surface area contributed by atoms with Crippen LogP contribution in [0.5, 0.6) is 0 Å². The predicted octanol–water partition coefficient (Wildman–Crippen LogP) is 4.58. The molecule has 0 bridgehead atoms. The summed E-state index contributed by atoms with van der Waals surface area (Å²) >= 11 is 0. The van der Waals surface area contributed by atoms with E-state index in [1.54, 1.807) is 12.1 Å². The SMILES string of the molecule is CC(C)C(=O)N1CCCCCC1c1cc(-c2ccc(F)cc2)on1. The molecule has 1 aromatic carbocycles. The zero-order valence-corrected chi connectivity index (χ0v) is 14.2. The van der Waals surface area contributed by atoms with Gasteiger partial charge in [-0.15, -0.1) is 0 Å². The number of nitrogens with zero attached hydrogens (tertiary/aromatic N) is 2. The van der Waals surface area contributed by atoms with E-state index >= 15 is 0 Å². The van der Waals surface area contributed by atoms with Crippen molar-refractivity contribution in [1.29, 1.82) is 0 Å². The smallest absolute Gasteiger partial charge is 0.225 e. The van der Waals surface area contributed by atoms with E-state index in [-0.39, 0.29) is 23.7 Å². The lowest BCUT2D eigenvalue weighted by Crippen LogP contribution is -2.37. The lowest BCUT2D eigenvalue weighted by molar-refractivity contribution is -0.137. The monoisotopic (exact) mass is 330 g/mol. The lowest BCUT2D eigenvalue weighted by atomic mass is 10.0. The van der Waals surface area contributed by atoms with Crippen LogP contribution in [0.15, 0.2) is 34.9 Å². The highest BCUT2D eigenvalue weighted by Crippen LogP contribution is 2.33. The summed E-state index contributed by atoms with van der Waals surface area (Å²) in [5.41, 5.74) is 1.57. The minimum Gasteiger partial charge on any atom is -0.356 e. The first kappa shape index (κ1) is 16.7. The Hall–Kier alpha value is -2.17. The molecule has 0 saturated carbocycles. The van der Waals surface area contributed by atoms with Crippen LogP contribution < -0.4 is 0 Å². The fraction of sp³-hybridized carbons (Fsp3) is 0.474. The summed E-state index contributed by atoms with van der Waals surface area (Å²) in [5.74, 6) is 0.449. The van der Waals surface area contributed by atoms with Crippen molar-refractivity contribution in [3.63, 3.8) is 0 Å². The van der Waals surface area contributed by atoms with E-state index < -0.39 is 0 Å². The molecular formula is C19H23FN2O2. The molecular weight excluding hydrogens is 307 g/mol. The van der Waals surface area contributed by atoms with Gasteiger partial charge < -0.3 is 9.42 Å². The van der Waals surface area contributed by atoms with Crippen molar-refractivity contribution < 1.29 is 13.7 Å². The largest absolute Gasteiger partial charge is 0.356 e. The fourth-order valence-electron chi connectivity index (χ4n) is 3.21. The standard InChI is InChI=1S/C19H23FN2O2/c1-13(2)19(23)22-11-5-3-4-6-17(22)16-12-18(24-21-16)14-7-9-15(20)10-8-14/h7-10,12-13,17H,3-6,11H2,1-2H3. The molecule has 1 amide bonds. The van der Waals surface area contributed by atoms with Crippen LogP contribution in [0.4, 0.5) is 4.39 Å². The van der Waals surface area contributed by atoms with E-state index in [9.17, 15) is 9.18 Å². The number of likely N-dealkylation sites (tertiary alicyclic amines) is 1. The van der Waals surface area contributed by atoms with E-state index in [4.69, 9.17) is 4.52 Å². The molecule has 0 spiro atoms. The zero-order valence-electron chi connectivity index (χ0n) is 14.2. The molecule has 5 heteroatoms. The Balaban J connectivity index is 1.88. The zero-order chi connectivity index (χ0) is 17.1. The van der Waals surface area contributed by atoms with Crippen molar-refractivity contribution in [2.75, 3.05) is 6.54 Å². The van der Waals surface area contributed by atoms with Crippen molar-refractivity contribution in [3.05, 3.63) is 41.8 Å². The normalized spacial score (nSPS) is 18.7. The van der Waals surface area contributed by atoms with E-state index in [1.807, 2.05) is 24.8 Å². The summed E-state index contributed by atoms with van der Waals surface area (Å²) in [7, 11) is 0. The van der Waals surface area contributed by atoms with E-state index in [0.29, 0.717) is 5.76 Å². The number of rotatable bonds is 3. The van der Waals surface area contributed by atoms with Crippen LogP contribution in [0.3, 0.4) is 0 Å².